The summed E-state index contributed by atoms with van der Waals surface area (Å²) >= 11 is 1.73. The quantitative estimate of drug-likeness (QED) is 0.0539. The van der Waals surface area contributed by atoms with Crippen LogP contribution in [0, 0.1) is 13.8 Å². The second kappa shape index (κ2) is 18.3. The maximum absolute atomic E-state index is 11.2. The predicted molar refractivity (Wildman–Crippen MR) is 194 cm³/mol. The number of nitrogens with one attached hydrogen (secondary N) is 3. The monoisotopic (exact) mass is 706 g/mol. The summed E-state index contributed by atoms with van der Waals surface area (Å²) in [5.74, 6) is 6.29. The van der Waals surface area contributed by atoms with Gasteiger partial charge in [0, 0.05) is 36.5 Å². The van der Waals surface area contributed by atoms with E-state index in [0.717, 1.165) is 83.3 Å². The lowest BCUT2D eigenvalue weighted by Gasteiger charge is -2.12. The molecule has 0 amide bonds. The molecule has 16 heteroatoms. The molecule has 1 atom stereocenters. The zero-order chi connectivity index (χ0) is 34.5. The van der Waals surface area contributed by atoms with E-state index in [-0.39, 0.29) is 0 Å². The average molecular weight is 707 g/mol. The van der Waals surface area contributed by atoms with Crippen LogP contribution in [0.15, 0.2) is 41.9 Å². The van der Waals surface area contributed by atoms with Crippen LogP contribution in [-0.4, -0.2) is 84.3 Å². The molecule has 0 radical (unpaired) electrons. The number of thioether (sulfide) groups is 1. The number of rotatable bonds is 17. The second-order valence-electron chi connectivity index (χ2n) is 10.9. The van der Waals surface area contributed by atoms with Crippen molar-refractivity contribution < 1.29 is 22.1 Å². The number of nitrogens with two attached hydrogens (primary N) is 1. The van der Waals surface area contributed by atoms with Crippen molar-refractivity contribution in [1.82, 2.24) is 29.4 Å². The number of unbranched alkanes of at least 4 members (excludes halogenated alkanes) is 3. The van der Waals surface area contributed by atoms with Crippen LogP contribution in [0.5, 0.6) is 11.5 Å². The van der Waals surface area contributed by atoms with Gasteiger partial charge >= 0.3 is 0 Å². The van der Waals surface area contributed by atoms with Crippen molar-refractivity contribution in [3.05, 3.63) is 48.0 Å². The van der Waals surface area contributed by atoms with Gasteiger partial charge in [-0.2, -0.15) is 0 Å². The van der Waals surface area contributed by atoms with Crippen LogP contribution < -0.4 is 29.4 Å². The summed E-state index contributed by atoms with van der Waals surface area (Å²) in [5, 5.41) is 11.6. The minimum atomic E-state index is -3.10. The maximum Gasteiger partial charge on any atom is 0.208 e. The highest BCUT2D eigenvalue weighted by atomic mass is 32.2. The van der Waals surface area contributed by atoms with Gasteiger partial charge in [-0.25, -0.2) is 47.1 Å². The van der Waals surface area contributed by atoms with Gasteiger partial charge in [0.25, 0.3) is 0 Å². The van der Waals surface area contributed by atoms with Crippen LogP contribution in [0.2, 0.25) is 0 Å². The molecular formula is C31H46N8O5S3. The number of aryl methyl sites for hydroxylation is 2. The molecule has 2 aromatic heterocycles. The molecule has 0 aliphatic rings. The lowest BCUT2D eigenvalue weighted by atomic mass is 10.1. The molecule has 0 saturated carbocycles. The summed E-state index contributed by atoms with van der Waals surface area (Å²) in [6.45, 7) is 6.01. The normalized spacial score (nSPS) is 12.7. The first-order valence-electron chi connectivity index (χ1n) is 15.1. The Hall–Kier alpha value is -3.28. The topological polar surface area (TPSA) is 183 Å². The Balaban J connectivity index is 0.000000257. The molecule has 0 saturated heterocycles. The second-order valence-corrected chi connectivity index (χ2v) is 15.6. The van der Waals surface area contributed by atoms with Gasteiger partial charge in [-0.15, -0.1) is 11.8 Å². The molecule has 0 spiro atoms. The zero-order valence-electron chi connectivity index (χ0n) is 27.7. The van der Waals surface area contributed by atoms with Crippen molar-refractivity contribution in [3.63, 3.8) is 0 Å². The summed E-state index contributed by atoms with van der Waals surface area (Å²) in [4.78, 5) is 17.3. The van der Waals surface area contributed by atoms with Crippen LogP contribution in [0.4, 0.5) is 5.82 Å². The van der Waals surface area contributed by atoms with E-state index in [0.29, 0.717) is 24.6 Å². The maximum atomic E-state index is 11.2. The van der Waals surface area contributed by atoms with Crippen molar-refractivity contribution in [1.29, 1.82) is 0 Å². The molecule has 4 rings (SSSR count). The number of aromatic nitrogens is 4. The van der Waals surface area contributed by atoms with Crippen LogP contribution in [-0.2, 0) is 19.9 Å². The van der Waals surface area contributed by atoms with Gasteiger partial charge < -0.3 is 14.8 Å². The van der Waals surface area contributed by atoms with Gasteiger partial charge in [-0.3, -0.25) is 0 Å². The minimum Gasteiger partial charge on any atom is -0.493 e. The van der Waals surface area contributed by atoms with E-state index in [9.17, 15) is 12.6 Å². The van der Waals surface area contributed by atoms with Crippen molar-refractivity contribution in [3.8, 4) is 11.5 Å². The molecular weight excluding hydrogens is 661 g/mol. The minimum absolute atomic E-state index is 0.465. The van der Waals surface area contributed by atoms with Gasteiger partial charge in [-0.05, 0) is 80.5 Å². The number of methoxy groups -OCH3 is 2. The molecule has 4 aromatic rings. The molecule has 0 aliphatic carbocycles. The molecule has 2 aromatic carbocycles. The van der Waals surface area contributed by atoms with E-state index >= 15 is 0 Å². The fourth-order valence-corrected chi connectivity index (χ4v) is 6.45. The standard InChI is InChI=1S/C16H24N4O4S.C15H22N4OS2/c1-23-14-9-12-13(10-15(14)24-2)18-11-19-16(12)17-7-5-4-6-8-20-25(3,21)22;1-11-8-13-14(9-12(11)2)17-10-18-15(13)21-7-5-4-6-19-22(3,16)20/h9-11,20H,4-8H2,1-3H3,(H,17,18,19);8-10H,3-7H2,1-2H3,(H3,16,19,20). The third-order valence-electron chi connectivity index (χ3n) is 7.02. The van der Waals surface area contributed by atoms with Crippen molar-refractivity contribution in [2.45, 2.75) is 51.0 Å². The third kappa shape index (κ3) is 13.0. The van der Waals surface area contributed by atoms with Crippen LogP contribution >= 0.6 is 11.8 Å². The number of fused-ring (bicyclic) bond motifs is 2. The number of benzene rings is 2. The Labute approximate surface area is 282 Å². The van der Waals surface area contributed by atoms with E-state index in [2.05, 4.69) is 66.5 Å². The molecule has 2 heterocycles. The Morgan fingerprint density at radius 1 is 0.766 bits per heavy atom. The predicted octanol–water partition coefficient (Wildman–Crippen LogP) is 3.99. The van der Waals surface area contributed by atoms with Crippen LogP contribution in [0.3, 0.4) is 0 Å². The van der Waals surface area contributed by atoms with Crippen molar-refractivity contribution in [2.24, 2.45) is 5.14 Å². The summed E-state index contributed by atoms with van der Waals surface area (Å²) in [5.41, 5.74) is 4.25. The van der Waals surface area contributed by atoms with E-state index < -0.39 is 19.9 Å². The number of anilines is 1. The highest BCUT2D eigenvalue weighted by Crippen LogP contribution is 2.33. The number of ether oxygens (including phenoxy) is 2. The summed E-state index contributed by atoms with van der Waals surface area (Å²) in [7, 11) is -2.51. The number of hydrogen-bond acceptors (Lipinski definition) is 11. The Bertz CT molecular complexity index is 1840. The largest absolute Gasteiger partial charge is 0.493 e. The van der Waals surface area contributed by atoms with Gasteiger partial charge in [0.15, 0.2) is 11.5 Å². The highest BCUT2D eigenvalue weighted by Gasteiger charge is 2.11. The Kier molecular flexibility index (Phi) is 14.9. The molecule has 0 fully saturated rings. The molecule has 47 heavy (non-hydrogen) atoms. The molecule has 13 nitrogen and oxygen atoms in total. The fourth-order valence-electron chi connectivity index (χ4n) is 4.46. The number of hydrogen-bond donors (Lipinski definition) is 4. The zero-order valence-corrected chi connectivity index (χ0v) is 30.1. The third-order valence-corrected chi connectivity index (χ3v) is 9.53. The number of sulfonamides is 1. The Morgan fingerprint density at radius 3 is 2.04 bits per heavy atom. The number of nitrogens with zero attached hydrogens (tertiary/aromatic N) is 4. The summed E-state index contributed by atoms with van der Waals surface area (Å²) in [6, 6.07) is 7.93. The smallest absolute Gasteiger partial charge is 0.208 e. The van der Waals surface area contributed by atoms with E-state index in [4.69, 9.17) is 14.6 Å². The lowest BCUT2D eigenvalue weighted by molar-refractivity contribution is 0.356. The van der Waals surface area contributed by atoms with E-state index in [1.807, 2.05) is 12.1 Å². The van der Waals surface area contributed by atoms with Gasteiger partial charge in [0.05, 0.1) is 41.4 Å². The summed E-state index contributed by atoms with van der Waals surface area (Å²) < 4.78 is 49.0. The molecule has 1 unspecified atom stereocenters. The van der Waals surface area contributed by atoms with Crippen molar-refractivity contribution >= 4 is 65.2 Å². The SMILES string of the molecule is C=S(N)(=O)NCCCCSc1ncnc2cc(C)c(C)cc12.COc1cc2ncnc(NCCCCCNS(C)(=O)=O)c2cc1OC. The average Bonchev–Trinajstić information content (AvgIpc) is 3.01. The lowest BCUT2D eigenvalue weighted by Crippen LogP contribution is -2.31. The Morgan fingerprint density at radius 2 is 1.36 bits per heavy atom. The molecule has 0 bridgehead atoms. The summed E-state index contributed by atoms with van der Waals surface area (Å²) in [6.07, 6.45) is 8.80. The first-order chi connectivity index (χ1) is 22.3. The first kappa shape index (κ1) is 38.2. The van der Waals surface area contributed by atoms with Crippen LogP contribution in [0.1, 0.15) is 43.2 Å². The molecule has 5 N–H and O–H groups in total. The van der Waals surface area contributed by atoms with Crippen LogP contribution in [0.25, 0.3) is 21.8 Å². The first-order valence-corrected chi connectivity index (χ1v) is 19.8. The van der Waals surface area contributed by atoms with Gasteiger partial charge in [0.1, 0.15) is 23.5 Å². The fraction of sp³-hybridized carbons (Fsp3) is 0.452. The van der Waals surface area contributed by atoms with Crippen molar-refractivity contribution in [2.75, 3.05) is 51.2 Å². The van der Waals surface area contributed by atoms with E-state index in [1.54, 1.807) is 32.3 Å². The van der Waals surface area contributed by atoms with Gasteiger partial charge in [-0.1, -0.05) is 6.42 Å². The highest BCUT2D eigenvalue weighted by molar-refractivity contribution is 7.99. The molecule has 258 valence electrons. The van der Waals surface area contributed by atoms with Gasteiger partial charge in [0.2, 0.25) is 10.0 Å². The molecule has 0 aliphatic heterocycles. The van der Waals surface area contributed by atoms with E-state index in [1.165, 1.54) is 17.5 Å².